The van der Waals surface area contributed by atoms with E-state index in [4.69, 9.17) is 0 Å². The highest BCUT2D eigenvalue weighted by Gasteiger charge is 2.28. The number of hydrogen-bond donors (Lipinski definition) is 2. The third-order valence-corrected chi connectivity index (χ3v) is 6.63. The zero-order valence-corrected chi connectivity index (χ0v) is 18.8. The molecule has 0 aliphatic heterocycles. The number of para-hydroxylation sites is 2. The molecular weight excluding hydrogens is 424 g/mol. The number of benzene rings is 3. The number of hydrogen-bond acceptors (Lipinski definition) is 5. The van der Waals surface area contributed by atoms with Crippen LogP contribution in [0.2, 0.25) is 0 Å². The first-order valence-electron chi connectivity index (χ1n) is 10.3. The fraction of sp³-hybridized carbons (Fsp3) is 0.208. The van der Waals surface area contributed by atoms with Crippen LogP contribution in [0.1, 0.15) is 19.4 Å². The maximum atomic E-state index is 13.0. The van der Waals surface area contributed by atoms with E-state index in [9.17, 15) is 13.2 Å². The second-order valence-electron chi connectivity index (χ2n) is 8.06. The molecule has 0 spiro atoms. The van der Waals surface area contributed by atoms with Gasteiger partial charge in [-0.05, 0) is 55.3 Å². The molecule has 0 unspecified atom stereocenters. The Bertz CT molecular complexity index is 1400. The maximum absolute atomic E-state index is 13.0. The van der Waals surface area contributed by atoms with E-state index in [1.165, 1.54) is 12.1 Å². The van der Waals surface area contributed by atoms with Crippen LogP contribution < -0.4 is 10.0 Å². The van der Waals surface area contributed by atoms with Crippen molar-refractivity contribution in [3.05, 3.63) is 72.3 Å². The van der Waals surface area contributed by atoms with Crippen molar-refractivity contribution >= 4 is 43.7 Å². The normalized spacial score (nSPS) is 12.9. The van der Waals surface area contributed by atoms with Crippen LogP contribution in [0, 0.1) is 12.8 Å². The molecule has 1 aromatic heterocycles. The Morgan fingerprint density at radius 1 is 0.844 bits per heavy atom. The first-order chi connectivity index (χ1) is 15.2. The molecule has 7 nitrogen and oxygen atoms in total. The summed E-state index contributed by atoms with van der Waals surface area (Å²) in [6.45, 7) is 5.46. The molecule has 1 amide bonds. The SMILES string of the molecule is Cc1ccc(S(=O)(=O)N[C@H](C(=O)Nc2ccc3nc4ccccc4nc3c2)C(C)C)cc1. The topological polar surface area (TPSA) is 101 Å². The van der Waals surface area contributed by atoms with E-state index in [0.717, 1.165) is 16.6 Å². The number of carbonyl (C=O) groups is 1. The second kappa shape index (κ2) is 8.64. The van der Waals surface area contributed by atoms with E-state index in [1.807, 2.05) is 31.2 Å². The van der Waals surface area contributed by atoms with Gasteiger partial charge in [0.25, 0.3) is 0 Å². The summed E-state index contributed by atoms with van der Waals surface area (Å²) in [5.74, 6) is -0.705. The minimum atomic E-state index is -3.85. The van der Waals surface area contributed by atoms with Gasteiger partial charge in [-0.25, -0.2) is 18.4 Å². The number of aromatic nitrogens is 2. The molecule has 0 saturated carbocycles. The largest absolute Gasteiger partial charge is 0.325 e. The summed E-state index contributed by atoms with van der Waals surface area (Å²) in [5, 5.41) is 2.81. The molecule has 0 bridgehead atoms. The van der Waals surface area contributed by atoms with Gasteiger partial charge in [-0.2, -0.15) is 4.72 Å². The van der Waals surface area contributed by atoms with Crippen LogP contribution in [-0.2, 0) is 14.8 Å². The first-order valence-corrected chi connectivity index (χ1v) is 11.8. The van der Waals surface area contributed by atoms with Crippen molar-refractivity contribution in [3.8, 4) is 0 Å². The second-order valence-corrected chi connectivity index (χ2v) is 9.78. The van der Waals surface area contributed by atoms with E-state index in [2.05, 4.69) is 20.0 Å². The fourth-order valence-electron chi connectivity index (χ4n) is 3.36. The third kappa shape index (κ3) is 4.61. The van der Waals surface area contributed by atoms with Crippen LogP contribution >= 0.6 is 0 Å². The molecule has 1 heterocycles. The van der Waals surface area contributed by atoms with Crippen molar-refractivity contribution in [2.24, 2.45) is 5.92 Å². The number of sulfonamides is 1. The number of rotatable bonds is 6. The van der Waals surface area contributed by atoms with Crippen molar-refractivity contribution in [1.29, 1.82) is 0 Å². The molecule has 32 heavy (non-hydrogen) atoms. The molecule has 4 rings (SSSR count). The summed E-state index contributed by atoms with van der Waals surface area (Å²) in [5.41, 5.74) is 4.38. The average molecular weight is 449 g/mol. The Hall–Kier alpha value is -3.36. The standard InChI is InChI=1S/C24H24N4O3S/c1-15(2)23(28-32(30,31)18-11-8-16(3)9-12-18)24(29)25-17-10-13-21-22(14-17)27-20-7-5-4-6-19(20)26-21/h4-15,23,28H,1-3H3,(H,25,29)/t23-/m0/s1. The lowest BCUT2D eigenvalue weighted by Gasteiger charge is -2.22. The van der Waals surface area contributed by atoms with Gasteiger partial charge in [-0.3, -0.25) is 4.79 Å². The number of nitrogens with zero attached hydrogens (tertiary/aromatic N) is 2. The monoisotopic (exact) mass is 448 g/mol. The van der Waals surface area contributed by atoms with Gasteiger partial charge in [0.15, 0.2) is 0 Å². The summed E-state index contributed by atoms with van der Waals surface area (Å²) in [7, 11) is -3.85. The van der Waals surface area contributed by atoms with E-state index < -0.39 is 22.0 Å². The van der Waals surface area contributed by atoms with Crippen molar-refractivity contribution in [2.75, 3.05) is 5.32 Å². The van der Waals surface area contributed by atoms with Gasteiger partial charge in [0.1, 0.15) is 6.04 Å². The van der Waals surface area contributed by atoms with Gasteiger partial charge >= 0.3 is 0 Å². The molecule has 0 fully saturated rings. The Morgan fingerprint density at radius 2 is 1.44 bits per heavy atom. The van der Waals surface area contributed by atoms with Crippen molar-refractivity contribution < 1.29 is 13.2 Å². The van der Waals surface area contributed by atoms with Crippen LogP contribution in [-0.4, -0.2) is 30.3 Å². The zero-order chi connectivity index (χ0) is 22.9. The van der Waals surface area contributed by atoms with E-state index in [0.29, 0.717) is 16.7 Å². The molecule has 1 atom stereocenters. The van der Waals surface area contributed by atoms with Gasteiger partial charge < -0.3 is 5.32 Å². The minimum absolute atomic E-state index is 0.120. The lowest BCUT2D eigenvalue weighted by Crippen LogP contribution is -2.47. The predicted octanol–water partition coefficient (Wildman–Crippen LogP) is 4.03. The minimum Gasteiger partial charge on any atom is -0.325 e. The summed E-state index contributed by atoms with van der Waals surface area (Å²) >= 11 is 0. The Kier molecular flexibility index (Phi) is 5.90. The Balaban J connectivity index is 1.58. The molecule has 2 N–H and O–H groups in total. The lowest BCUT2D eigenvalue weighted by molar-refractivity contribution is -0.118. The number of carbonyl (C=O) groups excluding carboxylic acids is 1. The predicted molar refractivity (Wildman–Crippen MR) is 126 cm³/mol. The molecule has 0 saturated heterocycles. The summed E-state index contributed by atoms with van der Waals surface area (Å²) in [6.07, 6.45) is 0. The maximum Gasteiger partial charge on any atom is 0.242 e. The molecule has 164 valence electrons. The number of amides is 1. The number of nitrogens with one attached hydrogen (secondary N) is 2. The average Bonchev–Trinajstić information content (AvgIpc) is 2.76. The number of anilines is 1. The van der Waals surface area contributed by atoms with Gasteiger partial charge in [0, 0.05) is 5.69 Å². The summed E-state index contributed by atoms with van der Waals surface area (Å²) in [6, 6.07) is 18.4. The number of fused-ring (bicyclic) bond motifs is 2. The van der Waals surface area contributed by atoms with Crippen molar-refractivity contribution in [3.63, 3.8) is 0 Å². The van der Waals surface area contributed by atoms with Crippen LogP contribution in [0.5, 0.6) is 0 Å². The molecule has 4 aromatic rings. The zero-order valence-electron chi connectivity index (χ0n) is 18.0. The molecule has 0 aliphatic rings. The van der Waals surface area contributed by atoms with Gasteiger partial charge in [-0.15, -0.1) is 0 Å². The molecule has 0 radical (unpaired) electrons. The van der Waals surface area contributed by atoms with E-state index >= 15 is 0 Å². The fourth-order valence-corrected chi connectivity index (χ4v) is 4.71. The Morgan fingerprint density at radius 3 is 2.06 bits per heavy atom. The molecular formula is C24H24N4O3S. The van der Waals surface area contributed by atoms with Crippen LogP contribution in [0.3, 0.4) is 0 Å². The van der Waals surface area contributed by atoms with E-state index in [1.54, 1.807) is 44.2 Å². The van der Waals surface area contributed by atoms with Crippen molar-refractivity contribution in [2.45, 2.75) is 31.7 Å². The van der Waals surface area contributed by atoms with E-state index in [-0.39, 0.29) is 10.8 Å². The van der Waals surface area contributed by atoms with Gasteiger partial charge in [0.2, 0.25) is 15.9 Å². The third-order valence-electron chi connectivity index (χ3n) is 5.17. The molecule has 3 aromatic carbocycles. The van der Waals surface area contributed by atoms with Gasteiger partial charge in [0.05, 0.1) is 27.0 Å². The Labute approximate surface area is 187 Å². The number of aryl methyl sites for hydroxylation is 1. The summed E-state index contributed by atoms with van der Waals surface area (Å²) in [4.78, 5) is 22.3. The smallest absolute Gasteiger partial charge is 0.242 e. The van der Waals surface area contributed by atoms with Crippen LogP contribution in [0.15, 0.2) is 71.6 Å². The quantitative estimate of drug-likeness (QED) is 0.434. The first kappa shape index (κ1) is 21.9. The molecule has 8 heteroatoms. The van der Waals surface area contributed by atoms with Gasteiger partial charge in [-0.1, -0.05) is 43.7 Å². The lowest BCUT2D eigenvalue weighted by atomic mass is 10.0. The van der Waals surface area contributed by atoms with Crippen LogP contribution in [0.25, 0.3) is 22.1 Å². The highest BCUT2D eigenvalue weighted by Crippen LogP contribution is 2.21. The van der Waals surface area contributed by atoms with Crippen molar-refractivity contribution in [1.82, 2.24) is 14.7 Å². The van der Waals surface area contributed by atoms with Crippen LogP contribution in [0.4, 0.5) is 5.69 Å². The highest BCUT2D eigenvalue weighted by molar-refractivity contribution is 7.89. The molecule has 0 aliphatic carbocycles. The highest BCUT2D eigenvalue weighted by atomic mass is 32.2. The summed E-state index contributed by atoms with van der Waals surface area (Å²) < 4.78 is 28.2.